The predicted octanol–water partition coefficient (Wildman–Crippen LogP) is 4.10. The Hall–Kier alpha value is -2.30. The summed E-state index contributed by atoms with van der Waals surface area (Å²) in [7, 11) is 0. The summed E-state index contributed by atoms with van der Waals surface area (Å²) < 4.78 is 0. The lowest BCUT2D eigenvalue weighted by molar-refractivity contribution is 0.0971. The Balaban J connectivity index is 1.85. The van der Waals surface area contributed by atoms with Crippen molar-refractivity contribution in [2.45, 2.75) is 0 Å². The van der Waals surface area contributed by atoms with Crippen molar-refractivity contribution in [3.05, 3.63) is 76.4 Å². The Morgan fingerprint density at radius 1 is 1.09 bits per heavy atom. The maximum Gasteiger partial charge on any atom is 0.177 e. The van der Waals surface area contributed by atoms with Crippen LogP contribution in [0.25, 0.3) is 0 Å². The van der Waals surface area contributed by atoms with Crippen LogP contribution in [0.5, 0.6) is 0 Å². The number of hydrazone groups is 1. The van der Waals surface area contributed by atoms with Crippen LogP contribution >= 0.6 is 23.2 Å². The maximum absolute atomic E-state index is 12.6. The number of rotatable bonds is 3. The average molecular weight is 346 g/mol. The van der Waals surface area contributed by atoms with E-state index in [-0.39, 0.29) is 11.6 Å². The Labute approximate surface area is 143 Å². The van der Waals surface area contributed by atoms with Gasteiger partial charge in [0.1, 0.15) is 11.8 Å². The molecule has 1 heterocycles. The number of amidine groups is 1. The van der Waals surface area contributed by atoms with E-state index in [4.69, 9.17) is 28.9 Å². The van der Waals surface area contributed by atoms with Crippen molar-refractivity contribution in [1.82, 2.24) is 0 Å². The molecule has 2 N–H and O–H groups in total. The first-order valence-corrected chi connectivity index (χ1v) is 7.67. The third kappa shape index (κ3) is 3.38. The fourth-order valence-electron chi connectivity index (χ4n) is 2.31. The Morgan fingerprint density at radius 2 is 1.74 bits per heavy atom. The molecule has 4 nitrogen and oxygen atoms in total. The third-order valence-electron chi connectivity index (χ3n) is 3.41. The summed E-state index contributed by atoms with van der Waals surface area (Å²) in [6.07, 6.45) is 3.44. The number of para-hydroxylation sites is 1. The van der Waals surface area contributed by atoms with Crippen LogP contribution in [-0.2, 0) is 0 Å². The average Bonchev–Trinajstić information content (AvgIpc) is 2.54. The van der Waals surface area contributed by atoms with Gasteiger partial charge in [-0.3, -0.25) is 4.79 Å². The van der Waals surface area contributed by atoms with Gasteiger partial charge < -0.3 is 5.73 Å². The summed E-state index contributed by atoms with van der Waals surface area (Å²) in [5.74, 6) is -0.610. The van der Waals surface area contributed by atoms with Crippen LogP contribution in [0.15, 0.2) is 65.9 Å². The van der Waals surface area contributed by atoms with Crippen LogP contribution < -0.4 is 10.7 Å². The second-order valence-corrected chi connectivity index (χ2v) is 5.92. The number of hydrogen-bond donors (Lipinski definition) is 1. The number of nitrogens with zero attached hydrogens (tertiary/aromatic N) is 2. The number of hydrogen-bond acceptors (Lipinski definition) is 4. The lowest BCUT2D eigenvalue weighted by Gasteiger charge is -2.23. The van der Waals surface area contributed by atoms with Gasteiger partial charge in [-0.05, 0) is 36.4 Å². The Bertz CT molecular complexity index is 782. The van der Waals surface area contributed by atoms with Gasteiger partial charge in [0.15, 0.2) is 5.78 Å². The van der Waals surface area contributed by atoms with Gasteiger partial charge in [0, 0.05) is 21.8 Å². The topological polar surface area (TPSA) is 58.7 Å². The minimum Gasteiger partial charge on any atom is -0.385 e. The van der Waals surface area contributed by atoms with E-state index in [2.05, 4.69) is 5.10 Å². The van der Waals surface area contributed by atoms with Crippen molar-refractivity contribution in [2.24, 2.45) is 16.8 Å². The summed E-state index contributed by atoms with van der Waals surface area (Å²) in [5.41, 5.74) is 7.26. The molecule has 1 aliphatic rings. The second kappa shape index (κ2) is 6.44. The summed E-state index contributed by atoms with van der Waals surface area (Å²) in [4.78, 5) is 12.6. The molecule has 116 valence electrons. The molecule has 1 atom stereocenters. The predicted molar refractivity (Wildman–Crippen MR) is 94.0 cm³/mol. The first kappa shape index (κ1) is 15.6. The molecule has 1 aliphatic heterocycles. The molecule has 2 aromatic rings. The van der Waals surface area contributed by atoms with E-state index in [0.29, 0.717) is 15.6 Å². The molecule has 3 rings (SSSR count). The molecule has 0 spiro atoms. The zero-order valence-electron chi connectivity index (χ0n) is 12.0. The highest BCUT2D eigenvalue weighted by molar-refractivity contribution is 6.35. The molecule has 0 saturated heterocycles. The second-order valence-electron chi connectivity index (χ2n) is 5.05. The summed E-state index contributed by atoms with van der Waals surface area (Å²) in [5, 5.41) is 6.72. The molecule has 0 radical (unpaired) electrons. The number of halogens is 2. The number of benzene rings is 2. The fraction of sp³-hybridized carbons (Fsp3) is 0.0588. The SMILES string of the molecule is NC1=NN(c2ccccc2)C=CC1C(=O)c1cc(Cl)cc(Cl)c1. The highest BCUT2D eigenvalue weighted by atomic mass is 35.5. The number of carbonyl (C=O) groups excluding carboxylic acids is 1. The van der Waals surface area contributed by atoms with Gasteiger partial charge in [0.2, 0.25) is 0 Å². The van der Waals surface area contributed by atoms with Gasteiger partial charge >= 0.3 is 0 Å². The number of anilines is 1. The van der Waals surface area contributed by atoms with Crippen molar-refractivity contribution >= 4 is 40.5 Å². The van der Waals surface area contributed by atoms with E-state index < -0.39 is 5.92 Å². The van der Waals surface area contributed by atoms with Crippen LogP contribution in [0, 0.1) is 5.92 Å². The maximum atomic E-state index is 12.6. The summed E-state index contributed by atoms with van der Waals surface area (Å²) in [6.45, 7) is 0. The zero-order valence-corrected chi connectivity index (χ0v) is 13.5. The fourth-order valence-corrected chi connectivity index (χ4v) is 2.83. The number of Topliss-reactive ketones (excluding diaryl/α,β-unsaturated/α-hetero) is 1. The largest absolute Gasteiger partial charge is 0.385 e. The summed E-state index contributed by atoms with van der Waals surface area (Å²) >= 11 is 11.9. The van der Waals surface area contributed by atoms with Crippen molar-refractivity contribution in [3.63, 3.8) is 0 Å². The number of carbonyl (C=O) groups is 1. The molecule has 23 heavy (non-hydrogen) atoms. The van der Waals surface area contributed by atoms with Gasteiger partial charge in [0.25, 0.3) is 0 Å². The molecular weight excluding hydrogens is 333 g/mol. The molecule has 0 aliphatic carbocycles. The highest BCUT2D eigenvalue weighted by Gasteiger charge is 2.25. The van der Waals surface area contributed by atoms with Crippen molar-refractivity contribution in [2.75, 3.05) is 5.01 Å². The highest BCUT2D eigenvalue weighted by Crippen LogP contribution is 2.24. The zero-order chi connectivity index (χ0) is 16.4. The van der Waals surface area contributed by atoms with Crippen molar-refractivity contribution in [3.8, 4) is 0 Å². The lowest BCUT2D eigenvalue weighted by atomic mass is 9.96. The molecule has 1 unspecified atom stereocenters. The molecule has 0 aromatic heterocycles. The Morgan fingerprint density at radius 3 is 2.35 bits per heavy atom. The molecular formula is C17H13Cl2N3O. The smallest absolute Gasteiger partial charge is 0.177 e. The first-order chi connectivity index (χ1) is 11.0. The monoisotopic (exact) mass is 345 g/mol. The van der Waals surface area contributed by atoms with Crippen LogP contribution in [0.4, 0.5) is 5.69 Å². The quantitative estimate of drug-likeness (QED) is 0.852. The van der Waals surface area contributed by atoms with Gasteiger partial charge in [-0.1, -0.05) is 41.4 Å². The third-order valence-corrected chi connectivity index (χ3v) is 3.85. The lowest BCUT2D eigenvalue weighted by Crippen LogP contribution is -2.34. The number of ketones is 1. The minimum atomic E-state index is -0.635. The number of nitrogens with two attached hydrogens (primary N) is 1. The van der Waals surface area contributed by atoms with Crippen molar-refractivity contribution < 1.29 is 4.79 Å². The molecule has 0 amide bonds. The van der Waals surface area contributed by atoms with Gasteiger partial charge in [-0.25, -0.2) is 5.01 Å². The van der Waals surface area contributed by atoms with E-state index in [1.165, 1.54) is 0 Å². The van der Waals surface area contributed by atoms with E-state index in [1.54, 1.807) is 35.5 Å². The normalized spacial score (nSPS) is 17.0. The first-order valence-electron chi connectivity index (χ1n) is 6.91. The van der Waals surface area contributed by atoms with Crippen LogP contribution in [-0.4, -0.2) is 11.6 Å². The van der Waals surface area contributed by atoms with Gasteiger partial charge in [-0.15, -0.1) is 0 Å². The molecule has 6 heteroatoms. The Kier molecular flexibility index (Phi) is 4.37. The van der Waals surface area contributed by atoms with Crippen LogP contribution in [0.3, 0.4) is 0 Å². The molecule has 2 aromatic carbocycles. The molecule has 0 bridgehead atoms. The molecule has 0 fully saturated rings. The van der Waals surface area contributed by atoms with E-state index >= 15 is 0 Å². The van der Waals surface area contributed by atoms with E-state index in [1.807, 2.05) is 30.3 Å². The van der Waals surface area contributed by atoms with Gasteiger partial charge in [-0.2, -0.15) is 5.10 Å². The standard InChI is InChI=1S/C17H13Cl2N3O/c18-12-8-11(9-13(19)10-12)16(23)15-6-7-22(21-17(15)20)14-4-2-1-3-5-14/h1-10,15H,(H2,20,21). The minimum absolute atomic E-state index is 0.195. The summed E-state index contributed by atoms with van der Waals surface area (Å²) in [6, 6.07) is 14.2. The van der Waals surface area contributed by atoms with Crippen LogP contribution in [0.1, 0.15) is 10.4 Å². The van der Waals surface area contributed by atoms with E-state index in [9.17, 15) is 4.79 Å². The van der Waals surface area contributed by atoms with E-state index in [0.717, 1.165) is 5.69 Å². The van der Waals surface area contributed by atoms with Crippen molar-refractivity contribution in [1.29, 1.82) is 0 Å². The molecule has 0 saturated carbocycles. The van der Waals surface area contributed by atoms with Gasteiger partial charge in [0.05, 0.1) is 5.69 Å². The van der Waals surface area contributed by atoms with Crippen LogP contribution in [0.2, 0.25) is 10.0 Å².